The first kappa shape index (κ1) is 44.0. The Balaban J connectivity index is 1.55. The second kappa shape index (κ2) is 19.3. The molecule has 0 aromatic heterocycles. The second-order valence-electron chi connectivity index (χ2n) is 16.3. The van der Waals surface area contributed by atoms with Gasteiger partial charge in [0.2, 0.25) is 5.61 Å². The zero-order valence-electron chi connectivity index (χ0n) is 35.8. The Morgan fingerprint density at radius 3 is 0.867 bits per heavy atom. The fraction of sp³-hybridized carbons (Fsp3) is 0.250. The van der Waals surface area contributed by atoms with E-state index in [2.05, 4.69) is 233 Å². The highest BCUT2D eigenvalue weighted by Gasteiger charge is 2.40. The van der Waals surface area contributed by atoms with Crippen LogP contribution in [0.2, 0.25) is 0 Å². The molecule has 0 bridgehead atoms. The van der Waals surface area contributed by atoms with Crippen LogP contribution in [0.15, 0.2) is 181 Å². The van der Waals surface area contributed by atoms with E-state index in [-0.39, 0.29) is 0 Å². The quantitative estimate of drug-likeness (QED) is 0.0725. The molecule has 0 saturated carbocycles. The lowest BCUT2D eigenvalue weighted by molar-refractivity contribution is 0.867. The molecule has 1 aliphatic rings. The lowest BCUT2D eigenvalue weighted by Crippen LogP contribution is -2.12. The Morgan fingerprint density at radius 2 is 0.600 bits per heavy atom. The summed E-state index contributed by atoms with van der Waals surface area (Å²) in [5.41, 5.74) is 6.00. The largest absolute Gasteiger partial charge is 0.319 e. The smallest absolute Gasteiger partial charge is 0.267 e. The predicted octanol–water partition coefficient (Wildman–Crippen LogP) is 18.4. The molecule has 0 fully saturated rings. The molecule has 7 nitrogen and oxygen atoms in total. The molecular weight excluding hydrogens is 832 g/mol. The molecule has 0 aliphatic carbocycles. The van der Waals surface area contributed by atoms with E-state index in [1.54, 1.807) is 22.8 Å². The van der Waals surface area contributed by atoms with Crippen molar-refractivity contribution in [3.63, 3.8) is 0 Å². The highest BCUT2D eigenvalue weighted by atomic mass is 33.1. The van der Waals surface area contributed by atoms with Crippen LogP contribution in [0.1, 0.15) is 101 Å². The molecule has 0 saturated heterocycles. The molecule has 6 aromatic rings. The van der Waals surface area contributed by atoms with Crippen molar-refractivity contribution in [3.05, 3.63) is 180 Å². The Bertz CT molecular complexity index is 2240. The first-order valence-corrected chi connectivity index (χ1v) is 28.7. The highest BCUT2D eigenvalue weighted by molar-refractivity contribution is 8.91. The van der Waals surface area contributed by atoms with E-state index in [1.807, 2.05) is 0 Å². The van der Waals surface area contributed by atoms with Crippen LogP contribution in [-0.2, 0) is 0 Å². The number of anilines is 4. The summed E-state index contributed by atoms with van der Waals surface area (Å²) in [6.45, 7) is 17.8. The molecule has 12 heteroatoms. The Labute approximate surface area is 366 Å². The van der Waals surface area contributed by atoms with E-state index < -0.39 is 20.6 Å². The maximum Gasteiger partial charge on any atom is 0.267 e. The van der Waals surface area contributed by atoms with Gasteiger partial charge in [-0.05, 0) is 141 Å². The van der Waals surface area contributed by atoms with Gasteiger partial charge >= 0.3 is 0 Å². The van der Waals surface area contributed by atoms with Crippen LogP contribution in [0, 0.1) is 0 Å². The zero-order valence-corrected chi connectivity index (χ0v) is 40.1. The van der Waals surface area contributed by atoms with Gasteiger partial charge in [-0.2, -0.15) is 13.5 Å². The van der Waals surface area contributed by atoms with E-state index in [0.29, 0.717) is 23.7 Å². The topological polar surface area (TPSA) is 85.2 Å². The lowest BCUT2D eigenvalue weighted by atomic mass is 10.0. The maximum atomic E-state index is 6.03. The van der Waals surface area contributed by atoms with Gasteiger partial charge in [-0.1, -0.05) is 140 Å². The van der Waals surface area contributed by atoms with Crippen molar-refractivity contribution in [1.29, 1.82) is 0 Å². The van der Waals surface area contributed by atoms with Gasteiger partial charge in [-0.25, -0.2) is 0 Å². The van der Waals surface area contributed by atoms with E-state index in [9.17, 15) is 0 Å². The first-order chi connectivity index (χ1) is 28.8. The third-order valence-corrected chi connectivity index (χ3v) is 26.5. The van der Waals surface area contributed by atoms with Gasteiger partial charge in [-0.3, -0.25) is 0 Å². The number of hydrogen-bond acceptors (Lipinski definition) is 9. The van der Waals surface area contributed by atoms with Crippen molar-refractivity contribution in [1.82, 2.24) is 0 Å². The van der Waals surface area contributed by atoms with Crippen LogP contribution < -0.4 is 20.3 Å². The van der Waals surface area contributed by atoms with Gasteiger partial charge in [0.1, 0.15) is 0 Å². The van der Waals surface area contributed by atoms with E-state index in [4.69, 9.17) is 13.5 Å². The van der Waals surface area contributed by atoms with E-state index >= 15 is 0 Å². The number of nitrogens with zero attached hydrogens (tertiary/aromatic N) is 3. The summed E-state index contributed by atoms with van der Waals surface area (Å²) < 4.78 is 18.0. The summed E-state index contributed by atoms with van der Waals surface area (Å²) in [5.74, 6) is 1.62. The van der Waals surface area contributed by atoms with Crippen molar-refractivity contribution >= 4 is 66.1 Å². The molecule has 312 valence electrons. The zero-order chi connectivity index (χ0) is 42.3. The van der Waals surface area contributed by atoms with Crippen LogP contribution >= 0.6 is 43.4 Å². The molecule has 7 rings (SSSR count). The van der Waals surface area contributed by atoms with Gasteiger partial charge in [0.25, 0.3) is 15.0 Å². The van der Waals surface area contributed by atoms with Gasteiger partial charge in [0.05, 0.1) is 0 Å². The number of hydrogen-bond donors (Lipinski definition) is 4. The predicted molar refractivity (Wildman–Crippen MR) is 269 cm³/mol. The maximum absolute atomic E-state index is 6.03. The molecule has 0 atom stereocenters. The van der Waals surface area contributed by atoms with E-state index in [1.165, 1.54) is 22.3 Å². The Morgan fingerprint density at radius 1 is 0.333 bits per heavy atom. The molecule has 0 amide bonds. The molecule has 0 radical (unpaired) electrons. The lowest BCUT2D eigenvalue weighted by Gasteiger charge is -2.37. The van der Waals surface area contributed by atoms with Crippen LogP contribution in [0.25, 0.3) is 0 Å². The number of rotatable bonds is 16. The number of nitrogens with one attached hydrogen (secondary N) is 4. The van der Waals surface area contributed by atoms with Crippen molar-refractivity contribution in [3.8, 4) is 0 Å². The minimum atomic E-state index is -3.16. The van der Waals surface area contributed by atoms with Crippen LogP contribution in [0.4, 0.5) is 22.7 Å². The molecule has 60 heavy (non-hydrogen) atoms. The standard InChI is InChI=1S/C48H58N7P3S2/c1-35(2)39-19-27-43(28-20-39)49-56(50-44-29-21-40(22-30-44)36(3)4)53-57(51-45-31-23-41(24-32-45)37(5)6,52-46-33-25-42(26-34-46)38(7)8)55-58(54-56,59-47-15-11-9-12-16-47)60-48-17-13-10-14-18-48/h9-38,49-52H,1-8H3. The van der Waals surface area contributed by atoms with Gasteiger partial charge < -0.3 is 20.3 Å². The van der Waals surface area contributed by atoms with Crippen LogP contribution in [-0.4, -0.2) is 0 Å². The molecule has 0 spiro atoms. The van der Waals surface area contributed by atoms with E-state index in [0.717, 1.165) is 32.5 Å². The molecule has 4 N–H and O–H groups in total. The summed E-state index contributed by atoms with van der Waals surface area (Å²) in [6.07, 6.45) is 0. The Kier molecular flexibility index (Phi) is 14.2. The number of benzene rings is 6. The third kappa shape index (κ3) is 11.2. The summed E-state index contributed by atoms with van der Waals surface area (Å²) in [5, 5.41) is 16.0. The summed E-state index contributed by atoms with van der Waals surface area (Å²) in [7, 11) is -6.33. The van der Waals surface area contributed by atoms with Crippen LogP contribution in [0.5, 0.6) is 0 Å². The highest BCUT2D eigenvalue weighted by Crippen LogP contribution is 2.88. The Hall–Kier alpha value is -4.09. The molecular formula is C48H58N7P3S2. The fourth-order valence-corrected chi connectivity index (χ4v) is 26.9. The van der Waals surface area contributed by atoms with Crippen molar-refractivity contribution in [2.75, 3.05) is 20.3 Å². The summed E-state index contributed by atoms with van der Waals surface area (Å²) in [6, 6.07) is 56.2. The first-order valence-electron chi connectivity index (χ1n) is 20.7. The molecule has 0 unspecified atom stereocenters. The van der Waals surface area contributed by atoms with Crippen LogP contribution in [0.3, 0.4) is 0 Å². The summed E-state index contributed by atoms with van der Waals surface area (Å²) >= 11 is 3.51. The average molecular weight is 890 g/mol. The van der Waals surface area contributed by atoms with Gasteiger partial charge in [0, 0.05) is 32.5 Å². The van der Waals surface area contributed by atoms with Crippen molar-refractivity contribution in [2.24, 2.45) is 13.5 Å². The minimum Gasteiger partial charge on any atom is -0.319 e. The van der Waals surface area contributed by atoms with Crippen molar-refractivity contribution < 1.29 is 0 Å². The fourth-order valence-electron chi connectivity index (χ4n) is 6.62. The monoisotopic (exact) mass is 889 g/mol. The van der Waals surface area contributed by atoms with Gasteiger partial charge in [-0.15, -0.1) is 0 Å². The average Bonchev–Trinajstić information content (AvgIpc) is 3.22. The second-order valence-corrected chi connectivity index (χ2v) is 28.9. The van der Waals surface area contributed by atoms with Crippen molar-refractivity contribution in [2.45, 2.75) is 88.9 Å². The normalized spacial score (nSPS) is 15.2. The molecule has 1 heterocycles. The molecule has 6 aromatic carbocycles. The molecule has 1 aliphatic heterocycles. The SMILES string of the molecule is CC(C)c1ccc(NP2(Nc3ccc(C(C)C)cc3)=NP(Nc3ccc(C(C)C)cc3)(Nc3ccc(C(C)C)cc3)=NP(Sc3ccccc3)(Sc3ccccc3)=N2)cc1. The van der Waals surface area contributed by atoms with Gasteiger partial charge in [0.15, 0.2) is 0 Å². The third-order valence-electron chi connectivity index (χ3n) is 10.1. The minimum absolute atomic E-state index is 0.405. The summed E-state index contributed by atoms with van der Waals surface area (Å²) in [4.78, 5) is 2.20.